The van der Waals surface area contributed by atoms with E-state index in [4.69, 9.17) is 0 Å². The molecule has 134 valence electrons. The summed E-state index contributed by atoms with van der Waals surface area (Å²) in [6.45, 7) is 8.84. The van der Waals surface area contributed by atoms with Crippen LogP contribution in [-0.2, 0) is 4.79 Å². The molecule has 1 aromatic carbocycles. The number of halogens is 1. The van der Waals surface area contributed by atoms with Gasteiger partial charge in [0.25, 0.3) is 0 Å². The van der Waals surface area contributed by atoms with Crippen molar-refractivity contribution in [2.24, 2.45) is 16.7 Å². The summed E-state index contributed by atoms with van der Waals surface area (Å²) in [5.41, 5.74) is 1.71. The van der Waals surface area contributed by atoms with Gasteiger partial charge in [0, 0.05) is 5.92 Å². The van der Waals surface area contributed by atoms with Crippen molar-refractivity contribution in [2.45, 2.75) is 52.5 Å². The van der Waals surface area contributed by atoms with Gasteiger partial charge < -0.3 is 10.6 Å². The fourth-order valence-electron chi connectivity index (χ4n) is 4.02. The summed E-state index contributed by atoms with van der Waals surface area (Å²) < 4.78 is 0. The first-order valence-electron chi connectivity index (χ1n) is 8.96. The van der Waals surface area contributed by atoms with Crippen LogP contribution in [0.1, 0.15) is 58.1 Å². The van der Waals surface area contributed by atoms with E-state index in [2.05, 4.69) is 55.7 Å². The monoisotopic (exact) mass is 350 g/mol. The second-order valence-corrected chi connectivity index (χ2v) is 8.61. The summed E-state index contributed by atoms with van der Waals surface area (Å²) in [6, 6.07) is 10.5. The number of carbonyl (C=O) groups excluding carboxylic acids is 1. The van der Waals surface area contributed by atoms with Gasteiger partial charge in [-0.05, 0) is 55.2 Å². The van der Waals surface area contributed by atoms with E-state index in [9.17, 15) is 4.79 Å². The van der Waals surface area contributed by atoms with Crippen LogP contribution in [0.4, 0.5) is 0 Å². The second kappa shape index (κ2) is 7.45. The van der Waals surface area contributed by atoms with Crippen LogP contribution in [0.3, 0.4) is 0 Å². The lowest BCUT2D eigenvalue weighted by molar-refractivity contribution is -0.124. The Bertz CT molecular complexity index is 547. The number of piperidine rings is 1. The molecular weight excluding hydrogens is 320 g/mol. The molecule has 0 radical (unpaired) electrons. The lowest BCUT2D eigenvalue weighted by atomic mass is 9.85. The lowest BCUT2D eigenvalue weighted by Crippen LogP contribution is -2.36. The fourth-order valence-corrected chi connectivity index (χ4v) is 4.02. The third-order valence-electron chi connectivity index (χ3n) is 5.44. The van der Waals surface area contributed by atoms with Crippen molar-refractivity contribution < 1.29 is 4.79 Å². The van der Waals surface area contributed by atoms with Gasteiger partial charge >= 0.3 is 0 Å². The highest BCUT2D eigenvalue weighted by atomic mass is 35.5. The Balaban J connectivity index is 0.00000208. The van der Waals surface area contributed by atoms with Crippen molar-refractivity contribution in [3.63, 3.8) is 0 Å². The van der Waals surface area contributed by atoms with E-state index in [1.54, 1.807) is 0 Å². The summed E-state index contributed by atoms with van der Waals surface area (Å²) in [6.07, 6.45) is 4.35. The number of amides is 1. The maximum Gasteiger partial charge on any atom is 0.224 e. The average Bonchev–Trinajstić information content (AvgIpc) is 3.20. The summed E-state index contributed by atoms with van der Waals surface area (Å²) in [5, 5.41) is 6.77. The molecule has 3 rings (SSSR count). The van der Waals surface area contributed by atoms with E-state index in [-0.39, 0.29) is 35.7 Å². The first-order valence-corrected chi connectivity index (χ1v) is 8.96. The van der Waals surface area contributed by atoms with Gasteiger partial charge in [0.05, 0.1) is 6.04 Å². The molecule has 1 aromatic rings. The molecule has 1 saturated carbocycles. The van der Waals surface area contributed by atoms with Crippen LogP contribution in [0.5, 0.6) is 0 Å². The van der Waals surface area contributed by atoms with Crippen molar-refractivity contribution in [3.8, 4) is 0 Å². The SMILES string of the molecule is CC(C)(C)CC(NC(=O)C1CC12CCNCC2)c1ccccc1.Cl. The Morgan fingerprint density at radius 1 is 1.25 bits per heavy atom. The standard InChI is InChI=1S/C20H30N2O.ClH/c1-19(2,3)14-17(15-7-5-4-6-8-15)22-18(23)16-13-20(16)9-11-21-12-10-20;/h4-8,16-17,21H,9-14H2,1-3H3,(H,22,23);1H. The van der Waals surface area contributed by atoms with Crippen LogP contribution >= 0.6 is 12.4 Å². The number of nitrogens with one attached hydrogen (secondary N) is 2. The van der Waals surface area contributed by atoms with E-state index in [0.717, 1.165) is 38.8 Å². The van der Waals surface area contributed by atoms with Gasteiger partial charge in [-0.15, -0.1) is 12.4 Å². The molecule has 2 aliphatic rings. The third-order valence-corrected chi connectivity index (χ3v) is 5.44. The number of benzene rings is 1. The molecule has 1 spiro atoms. The van der Waals surface area contributed by atoms with E-state index < -0.39 is 0 Å². The van der Waals surface area contributed by atoms with Gasteiger partial charge in [-0.2, -0.15) is 0 Å². The molecule has 2 unspecified atom stereocenters. The first kappa shape index (κ1) is 19.3. The third kappa shape index (κ3) is 4.52. The molecule has 1 amide bonds. The zero-order chi connectivity index (χ0) is 16.5. The average molecular weight is 351 g/mol. The Hall–Kier alpha value is -1.06. The van der Waals surface area contributed by atoms with Crippen LogP contribution in [0.25, 0.3) is 0 Å². The molecule has 24 heavy (non-hydrogen) atoms. The van der Waals surface area contributed by atoms with Crippen LogP contribution in [0.2, 0.25) is 0 Å². The highest BCUT2D eigenvalue weighted by Crippen LogP contribution is 2.58. The van der Waals surface area contributed by atoms with Crippen molar-refractivity contribution in [3.05, 3.63) is 35.9 Å². The maximum atomic E-state index is 12.8. The predicted molar refractivity (Wildman–Crippen MR) is 101 cm³/mol. The zero-order valence-electron chi connectivity index (χ0n) is 15.1. The first-order chi connectivity index (χ1) is 10.9. The van der Waals surface area contributed by atoms with Crippen molar-refractivity contribution >= 4 is 18.3 Å². The molecule has 0 aromatic heterocycles. The molecular formula is C20H31ClN2O. The van der Waals surface area contributed by atoms with Gasteiger partial charge in [0.2, 0.25) is 5.91 Å². The molecule has 2 atom stereocenters. The highest BCUT2D eigenvalue weighted by molar-refractivity contribution is 5.85. The van der Waals surface area contributed by atoms with E-state index in [0.29, 0.717) is 5.41 Å². The number of rotatable bonds is 4. The van der Waals surface area contributed by atoms with E-state index in [1.165, 1.54) is 5.56 Å². The molecule has 2 fully saturated rings. The van der Waals surface area contributed by atoms with Gasteiger partial charge in [-0.25, -0.2) is 0 Å². The smallest absolute Gasteiger partial charge is 0.224 e. The van der Waals surface area contributed by atoms with Gasteiger partial charge in [-0.1, -0.05) is 51.1 Å². The Labute approximate surface area is 152 Å². The van der Waals surface area contributed by atoms with Crippen molar-refractivity contribution in [1.29, 1.82) is 0 Å². The molecule has 2 N–H and O–H groups in total. The van der Waals surface area contributed by atoms with Gasteiger partial charge in [-0.3, -0.25) is 4.79 Å². The van der Waals surface area contributed by atoms with Crippen molar-refractivity contribution in [1.82, 2.24) is 10.6 Å². The van der Waals surface area contributed by atoms with Crippen LogP contribution in [-0.4, -0.2) is 19.0 Å². The lowest BCUT2D eigenvalue weighted by Gasteiger charge is -2.28. The number of hydrogen-bond acceptors (Lipinski definition) is 2. The van der Waals surface area contributed by atoms with Gasteiger partial charge in [0.15, 0.2) is 0 Å². The zero-order valence-corrected chi connectivity index (χ0v) is 15.9. The topological polar surface area (TPSA) is 41.1 Å². The quantitative estimate of drug-likeness (QED) is 0.858. The molecule has 1 heterocycles. The Morgan fingerprint density at radius 3 is 2.46 bits per heavy atom. The Morgan fingerprint density at radius 2 is 1.88 bits per heavy atom. The summed E-state index contributed by atoms with van der Waals surface area (Å²) in [5.74, 6) is 0.501. The minimum Gasteiger partial charge on any atom is -0.349 e. The summed E-state index contributed by atoms with van der Waals surface area (Å²) in [7, 11) is 0. The summed E-state index contributed by atoms with van der Waals surface area (Å²) in [4.78, 5) is 12.8. The number of hydrogen-bond donors (Lipinski definition) is 2. The van der Waals surface area contributed by atoms with Crippen LogP contribution in [0.15, 0.2) is 30.3 Å². The molecule has 0 bridgehead atoms. The predicted octanol–water partition coefficient (Wildman–Crippen LogP) is 4.09. The largest absolute Gasteiger partial charge is 0.349 e. The van der Waals surface area contributed by atoms with E-state index in [1.807, 2.05) is 6.07 Å². The van der Waals surface area contributed by atoms with Crippen LogP contribution in [0, 0.1) is 16.7 Å². The number of carbonyl (C=O) groups is 1. The Kier molecular flexibility index (Phi) is 5.98. The minimum absolute atomic E-state index is 0. The normalized spacial score (nSPS) is 23.2. The summed E-state index contributed by atoms with van der Waals surface area (Å²) >= 11 is 0. The molecule has 3 nitrogen and oxygen atoms in total. The fraction of sp³-hybridized carbons (Fsp3) is 0.650. The van der Waals surface area contributed by atoms with E-state index >= 15 is 0 Å². The molecule has 4 heteroatoms. The minimum atomic E-state index is 0. The maximum absolute atomic E-state index is 12.8. The molecule has 1 saturated heterocycles. The van der Waals surface area contributed by atoms with Crippen LogP contribution < -0.4 is 10.6 Å². The van der Waals surface area contributed by atoms with Gasteiger partial charge in [0.1, 0.15) is 0 Å². The molecule has 1 aliphatic carbocycles. The molecule has 1 aliphatic heterocycles. The van der Waals surface area contributed by atoms with Crippen molar-refractivity contribution in [2.75, 3.05) is 13.1 Å². The highest BCUT2D eigenvalue weighted by Gasteiger charge is 2.57. The second-order valence-electron chi connectivity index (χ2n) is 8.61.